The number of rotatable bonds is 4. The highest BCUT2D eigenvalue weighted by molar-refractivity contribution is 5.86. The van der Waals surface area contributed by atoms with Crippen molar-refractivity contribution in [2.45, 2.75) is 6.92 Å². The molecule has 2 aromatic heterocycles. The lowest BCUT2D eigenvalue weighted by Crippen LogP contribution is -2.05. The van der Waals surface area contributed by atoms with E-state index in [1.54, 1.807) is 18.5 Å². The number of hydrogen-bond donors (Lipinski definition) is 3. The lowest BCUT2D eigenvalue weighted by molar-refractivity contribution is 1.10. The zero-order chi connectivity index (χ0) is 14.7. The summed E-state index contributed by atoms with van der Waals surface area (Å²) >= 11 is 0. The molecule has 0 unspecified atom stereocenters. The van der Waals surface area contributed by atoms with E-state index in [1.165, 1.54) is 0 Å². The van der Waals surface area contributed by atoms with Crippen LogP contribution in [0.3, 0.4) is 0 Å². The van der Waals surface area contributed by atoms with Crippen LogP contribution in [0.1, 0.15) is 12.5 Å². The van der Waals surface area contributed by atoms with Crippen LogP contribution >= 0.6 is 0 Å². The Balaban J connectivity index is 1.98. The minimum atomic E-state index is 0.522. The van der Waals surface area contributed by atoms with E-state index in [0.29, 0.717) is 23.0 Å². The molecule has 21 heavy (non-hydrogen) atoms. The Morgan fingerprint density at radius 1 is 1.24 bits per heavy atom. The highest BCUT2D eigenvalue weighted by Gasteiger charge is 2.09. The van der Waals surface area contributed by atoms with Crippen LogP contribution in [-0.2, 0) is 0 Å². The predicted molar refractivity (Wildman–Crippen MR) is 80.3 cm³/mol. The molecule has 0 amide bonds. The predicted octanol–water partition coefficient (Wildman–Crippen LogP) is 2.40. The number of benzene rings is 1. The first-order valence-corrected chi connectivity index (χ1v) is 6.52. The van der Waals surface area contributed by atoms with Gasteiger partial charge in [0.05, 0.1) is 18.0 Å². The maximum absolute atomic E-state index is 8.81. The third kappa shape index (κ3) is 2.60. The zero-order valence-corrected chi connectivity index (χ0v) is 11.4. The molecule has 2 heterocycles. The third-order valence-corrected chi connectivity index (χ3v) is 2.90. The zero-order valence-electron chi connectivity index (χ0n) is 11.4. The highest BCUT2D eigenvalue weighted by Crippen LogP contribution is 2.22. The lowest BCUT2D eigenvalue weighted by Gasteiger charge is -2.08. The van der Waals surface area contributed by atoms with E-state index in [4.69, 9.17) is 5.26 Å². The lowest BCUT2D eigenvalue weighted by atomic mass is 10.2. The molecular weight excluding hydrogens is 266 g/mol. The molecule has 0 radical (unpaired) electrons. The number of fused-ring (bicyclic) bond motifs is 1. The summed E-state index contributed by atoms with van der Waals surface area (Å²) in [6.45, 7) is 2.71. The Bertz CT molecular complexity index is 798. The standard InChI is InChI=1S/C14H13N7/c1-2-16-14-20-12-11(17-8-18-12)13(21-14)19-10-5-3-9(7-15)4-6-10/h3-6,8H,2H2,1H3,(H3,16,17,18,19,20,21). The van der Waals surface area contributed by atoms with Crippen molar-refractivity contribution in [2.75, 3.05) is 17.2 Å². The van der Waals surface area contributed by atoms with Crippen LogP contribution in [0, 0.1) is 11.3 Å². The highest BCUT2D eigenvalue weighted by atomic mass is 15.2. The van der Waals surface area contributed by atoms with E-state index >= 15 is 0 Å². The number of nitrogens with zero attached hydrogens (tertiary/aromatic N) is 4. The van der Waals surface area contributed by atoms with Crippen LogP contribution in [0.5, 0.6) is 0 Å². The summed E-state index contributed by atoms with van der Waals surface area (Å²) in [6.07, 6.45) is 1.58. The number of hydrogen-bond acceptors (Lipinski definition) is 6. The van der Waals surface area contributed by atoms with Crippen molar-refractivity contribution < 1.29 is 0 Å². The van der Waals surface area contributed by atoms with Crippen LogP contribution in [0.4, 0.5) is 17.5 Å². The fourth-order valence-corrected chi connectivity index (χ4v) is 1.93. The molecule has 0 aliphatic rings. The van der Waals surface area contributed by atoms with Gasteiger partial charge in [-0.1, -0.05) is 0 Å². The first-order valence-electron chi connectivity index (χ1n) is 6.52. The third-order valence-electron chi connectivity index (χ3n) is 2.90. The second-order valence-electron chi connectivity index (χ2n) is 4.34. The second-order valence-corrected chi connectivity index (χ2v) is 4.34. The van der Waals surface area contributed by atoms with Gasteiger partial charge in [-0.3, -0.25) is 0 Å². The smallest absolute Gasteiger partial charge is 0.226 e. The van der Waals surface area contributed by atoms with Crippen molar-refractivity contribution in [3.05, 3.63) is 36.2 Å². The van der Waals surface area contributed by atoms with Crippen molar-refractivity contribution in [2.24, 2.45) is 0 Å². The average molecular weight is 279 g/mol. The quantitative estimate of drug-likeness (QED) is 0.677. The Morgan fingerprint density at radius 3 is 2.76 bits per heavy atom. The van der Waals surface area contributed by atoms with Crippen molar-refractivity contribution in [3.8, 4) is 6.07 Å². The Labute approximate surface area is 121 Å². The number of aromatic nitrogens is 4. The van der Waals surface area contributed by atoms with Gasteiger partial charge in [-0.2, -0.15) is 15.2 Å². The maximum atomic E-state index is 8.81. The molecule has 7 nitrogen and oxygen atoms in total. The first-order chi connectivity index (χ1) is 10.3. The molecule has 0 saturated carbocycles. The number of aromatic amines is 1. The Morgan fingerprint density at radius 2 is 2.05 bits per heavy atom. The minimum Gasteiger partial charge on any atom is -0.354 e. The fraction of sp³-hybridized carbons (Fsp3) is 0.143. The summed E-state index contributed by atoms with van der Waals surface area (Å²) in [7, 11) is 0. The normalized spacial score (nSPS) is 10.3. The van der Waals surface area contributed by atoms with Gasteiger partial charge in [0.2, 0.25) is 5.95 Å². The van der Waals surface area contributed by atoms with Gasteiger partial charge >= 0.3 is 0 Å². The Hall–Kier alpha value is -3.14. The van der Waals surface area contributed by atoms with Gasteiger partial charge in [0.15, 0.2) is 11.5 Å². The molecule has 0 fully saturated rings. The SMILES string of the molecule is CCNc1nc(Nc2ccc(C#N)cc2)c2[nH]cnc2n1. The minimum absolute atomic E-state index is 0.522. The number of nitriles is 1. The summed E-state index contributed by atoms with van der Waals surface area (Å²) in [5.74, 6) is 1.16. The van der Waals surface area contributed by atoms with Crippen LogP contribution in [0.2, 0.25) is 0 Å². The molecule has 0 atom stereocenters. The molecule has 1 aromatic carbocycles. The molecule has 0 bridgehead atoms. The summed E-state index contributed by atoms with van der Waals surface area (Å²) in [4.78, 5) is 15.9. The first kappa shape index (κ1) is 12.9. The van der Waals surface area contributed by atoms with Crippen molar-refractivity contribution in [1.82, 2.24) is 19.9 Å². The fourth-order valence-electron chi connectivity index (χ4n) is 1.93. The van der Waals surface area contributed by atoms with Crippen LogP contribution in [-0.4, -0.2) is 26.5 Å². The van der Waals surface area contributed by atoms with E-state index in [0.717, 1.165) is 17.7 Å². The van der Waals surface area contributed by atoms with Gasteiger partial charge in [-0.15, -0.1) is 0 Å². The largest absolute Gasteiger partial charge is 0.354 e. The van der Waals surface area contributed by atoms with Crippen molar-refractivity contribution in [1.29, 1.82) is 5.26 Å². The van der Waals surface area contributed by atoms with Gasteiger partial charge < -0.3 is 15.6 Å². The summed E-state index contributed by atoms with van der Waals surface area (Å²) in [5.41, 5.74) is 2.78. The Kier molecular flexibility index (Phi) is 3.35. The second kappa shape index (κ2) is 5.46. The van der Waals surface area contributed by atoms with E-state index < -0.39 is 0 Å². The van der Waals surface area contributed by atoms with Crippen LogP contribution in [0.15, 0.2) is 30.6 Å². The van der Waals surface area contributed by atoms with Crippen LogP contribution in [0.25, 0.3) is 11.2 Å². The summed E-state index contributed by atoms with van der Waals surface area (Å²) in [6, 6.07) is 9.25. The molecule has 7 heteroatoms. The molecule has 0 aliphatic carbocycles. The van der Waals surface area contributed by atoms with Crippen molar-refractivity contribution in [3.63, 3.8) is 0 Å². The van der Waals surface area contributed by atoms with Crippen molar-refractivity contribution >= 4 is 28.6 Å². The molecule has 3 N–H and O–H groups in total. The molecule has 0 spiro atoms. The number of H-pyrrole nitrogens is 1. The number of anilines is 3. The van der Waals surface area contributed by atoms with Gasteiger partial charge in [-0.05, 0) is 31.2 Å². The summed E-state index contributed by atoms with van der Waals surface area (Å²) in [5, 5.41) is 15.1. The molecule has 0 aliphatic heterocycles. The average Bonchev–Trinajstić information content (AvgIpc) is 2.97. The van der Waals surface area contributed by atoms with E-state index in [9.17, 15) is 0 Å². The molecule has 3 rings (SSSR count). The monoisotopic (exact) mass is 279 g/mol. The molecule has 104 valence electrons. The van der Waals surface area contributed by atoms with E-state index in [2.05, 4.69) is 36.6 Å². The number of nitrogens with one attached hydrogen (secondary N) is 3. The molecular formula is C14H13N7. The number of imidazole rings is 1. The topological polar surface area (TPSA) is 102 Å². The van der Waals surface area contributed by atoms with Gasteiger partial charge in [0.1, 0.15) is 5.52 Å². The van der Waals surface area contributed by atoms with E-state index in [1.807, 2.05) is 19.1 Å². The summed E-state index contributed by atoms with van der Waals surface area (Å²) < 4.78 is 0. The maximum Gasteiger partial charge on any atom is 0.226 e. The van der Waals surface area contributed by atoms with Gasteiger partial charge in [0.25, 0.3) is 0 Å². The van der Waals surface area contributed by atoms with E-state index in [-0.39, 0.29) is 0 Å². The van der Waals surface area contributed by atoms with Gasteiger partial charge in [0, 0.05) is 12.2 Å². The van der Waals surface area contributed by atoms with Gasteiger partial charge in [-0.25, -0.2) is 4.98 Å². The molecule has 3 aromatic rings. The molecule has 0 saturated heterocycles. The van der Waals surface area contributed by atoms with Crippen LogP contribution < -0.4 is 10.6 Å².